The van der Waals surface area contributed by atoms with Gasteiger partial charge in [0.05, 0.1) is 12.6 Å². The summed E-state index contributed by atoms with van der Waals surface area (Å²) in [5, 5.41) is 1.39. The van der Waals surface area contributed by atoms with Gasteiger partial charge in [-0.15, -0.1) is 0 Å². The Morgan fingerprint density at radius 2 is 1.23 bits per heavy atom. The van der Waals surface area contributed by atoms with Crippen LogP contribution in [0.5, 0.6) is 0 Å². The second-order valence-electron chi connectivity index (χ2n) is 8.76. The monoisotopic (exact) mass is 555 g/mol. The summed E-state index contributed by atoms with van der Waals surface area (Å²) in [7, 11) is 1.03. The van der Waals surface area contributed by atoms with E-state index >= 15 is 0 Å². The van der Waals surface area contributed by atoms with Gasteiger partial charge < -0.3 is 28.4 Å². The minimum atomic E-state index is -1.91. The number of fused-ring (bicyclic) bond motifs is 3. The highest BCUT2D eigenvalue weighted by molar-refractivity contribution is 6.07. The third-order valence-corrected chi connectivity index (χ3v) is 6.03. The first-order valence-electron chi connectivity index (χ1n) is 12.0. The molecule has 0 bridgehead atoms. The van der Waals surface area contributed by atoms with E-state index in [1.807, 2.05) is 0 Å². The van der Waals surface area contributed by atoms with Crippen molar-refractivity contribution in [3.8, 4) is 0 Å². The van der Waals surface area contributed by atoms with Crippen molar-refractivity contribution in [3.63, 3.8) is 0 Å². The second-order valence-corrected chi connectivity index (χ2v) is 8.76. The molecule has 3 aromatic rings. The zero-order valence-electron chi connectivity index (χ0n) is 21.9. The van der Waals surface area contributed by atoms with Gasteiger partial charge in [0.1, 0.15) is 0 Å². The molecular formula is C27H25NO12. The maximum absolute atomic E-state index is 13.6. The summed E-state index contributed by atoms with van der Waals surface area (Å²) in [4.78, 5) is 75.4. The molecule has 0 aliphatic carbocycles. The first-order valence-corrected chi connectivity index (χ1v) is 12.0. The molecule has 0 unspecified atom stereocenters. The van der Waals surface area contributed by atoms with Crippen molar-refractivity contribution in [3.05, 3.63) is 58.9 Å². The van der Waals surface area contributed by atoms with Gasteiger partial charge in [-0.25, -0.2) is 14.2 Å². The number of para-hydroxylation sites is 1. The lowest BCUT2D eigenvalue weighted by Gasteiger charge is -2.42. The molecule has 0 saturated carbocycles. The third kappa shape index (κ3) is 5.50. The Morgan fingerprint density at radius 1 is 0.700 bits per heavy atom. The lowest BCUT2D eigenvalue weighted by atomic mass is 9.97. The maximum Gasteiger partial charge on any atom is 0.423 e. The molecule has 2 heterocycles. The standard InChI is InChI=1S/C27H25NO12/c1-13(29)36-20-21(37-14(2)30)23(38-15(3)31)26(39-22(20)25(33)35-4)40-27(34)28-19-12-8-7-10-17(19)16-9-5-6-11-18(16)24(28)32/h5-12,20-23,26H,1-4H3/t20-,21-,22-,23+,26-/m0/s1. The van der Waals surface area contributed by atoms with Crippen molar-refractivity contribution in [1.82, 2.24) is 4.57 Å². The second kappa shape index (κ2) is 11.5. The van der Waals surface area contributed by atoms with Crippen LogP contribution in [0.4, 0.5) is 4.79 Å². The molecule has 1 aliphatic rings. The Labute approximate surface area is 226 Å². The normalized spacial score (nSPS) is 22.2. The minimum Gasteiger partial charge on any atom is -0.467 e. The lowest BCUT2D eigenvalue weighted by molar-refractivity contribution is -0.288. The number of rotatable bonds is 5. The zero-order chi connectivity index (χ0) is 29.1. The largest absolute Gasteiger partial charge is 0.467 e. The van der Waals surface area contributed by atoms with Crippen molar-refractivity contribution in [2.75, 3.05) is 7.11 Å². The highest BCUT2D eigenvalue weighted by Crippen LogP contribution is 2.31. The number of ether oxygens (including phenoxy) is 6. The fourth-order valence-electron chi connectivity index (χ4n) is 4.54. The SMILES string of the molecule is COC(=O)[C@H]1O[C@@H](OC(=O)n2c(=O)c3ccccc3c3ccccc32)[C@H](OC(C)=O)[C@@H](OC(C)=O)[C@@H]1OC(C)=O. The first-order chi connectivity index (χ1) is 19.0. The summed E-state index contributed by atoms with van der Waals surface area (Å²) in [5.41, 5.74) is -0.507. The quantitative estimate of drug-likeness (QED) is 0.255. The number of esters is 4. The molecule has 0 spiro atoms. The van der Waals surface area contributed by atoms with Crippen LogP contribution in [0.25, 0.3) is 21.7 Å². The highest BCUT2D eigenvalue weighted by atomic mass is 16.8. The molecular weight excluding hydrogens is 530 g/mol. The molecule has 1 saturated heterocycles. The molecule has 13 nitrogen and oxygen atoms in total. The number of hydrogen-bond donors (Lipinski definition) is 0. The van der Waals surface area contributed by atoms with Crippen LogP contribution >= 0.6 is 0 Å². The molecule has 13 heteroatoms. The molecule has 0 amide bonds. The number of benzene rings is 2. The first kappa shape index (κ1) is 28.2. The summed E-state index contributed by atoms with van der Waals surface area (Å²) < 4.78 is 32.4. The van der Waals surface area contributed by atoms with Gasteiger partial charge in [0, 0.05) is 31.5 Å². The molecule has 5 atom stereocenters. The number of methoxy groups -OCH3 is 1. The van der Waals surface area contributed by atoms with Crippen LogP contribution in [-0.4, -0.2) is 72.4 Å². The molecule has 0 radical (unpaired) electrons. The van der Waals surface area contributed by atoms with Crippen molar-refractivity contribution in [2.45, 2.75) is 51.5 Å². The summed E-state index contributed by atoms with van der Waals surface area (Å²) in [5.74, 6) is -3.75. The van der Waals surface area contributed by atoms with Gasteiger partial charge in [-0.05, 0) is 17.5 Å². The van der Waals surface area contributed by atoms with Crippen molar-refractivity contribution < 1.29 is 52.4 Å². The van der Waals surface area contributed by atoms with Crippen molar-refractivity contribution in [2.24, 2.45) is 0 Å². The Kier molecular flexibility index (Phi) is 8.14. The molecule has 2 aromatic carbocycles. The highest BCUT2D eigenvalue weighted by Gasteiger charge is 2.56. The Morgan fingerprint density at radius 3 is 1.82 bits per heavy atom. The lowest BCUT2D eigenvalue weighted by Crippen LogP contribution is -2.64. The summed E-state index contributed by atoms with van der Waals surface area (Å²) in [6.45, 7) is 3.09. The Bertz CT molecular complexity index is 1560. The Balaban J connectivity index is 1.83. The van der Waals surface area contributed by atoms with Crippen LogP contribution in [0.2, 0.25) is 0 Å². The maximum atomic E-state index is 13.6. The van der Waals surface area contributed by atoms with Crippen LogP contribution in [-0.2, 0) is 47.6 Å². The number of carbonyl (C=O) groups excluding carboxylic acids is 5. The Hall–Kier alpha value is -4.78. The average molecular weight is 555 g/mol. The molecule has 1 aliphatic heterocycles. The van der Waals surface area contributed by atoms with E-state index in [0.717, 1.165) is 32.4 Å². The number of carbonyl (C=O) groups is 5. The summed E-state index contributed by atoms with van der Waals surface area (Å²) >= 11 is 0. The van der Waals surface area contributed by atoms with Crippen molar-refractivity contribution in [1.29, 1.82) is 0 Å². The molecule has 4 rings (SSSR count). The van der Waals surface area contributed by atoms with Gasteiger partial charge in [0.2, 0.25) is 12.4 Å². The van der Waals surface area contributed by atoms with E-state index in [1.165, 1.54) is 6.07 Å². The van der Waals surface area contributed by atoms with Crippen LogP contribution < -0.4 is 5.56 Å². The smallest absolute Gasteiger partial charge is 0.423 e. The van der Waals surface area contributed by atoms with E-state index in [2.05, 4.69) is 0 Å². The van der Waals surface area contributed by atoms with E-state index in [4.69, 9.17) is 28.4 Å². The number of aromatic nitrogens is 1. The van der Waals surface area contributed by atoms with E-state index in [1.54, 1.807) is 42.5 Å². The average Bonchev–Trinajstić information content (AvgIpc) is 2.90. The fourth-order valence-corrected chi connectivity index (χ4v) is 4.54. The molecule has 210 valence electrons. The number of hydrogen-bond acceptors (Lipinski definition) is 12. The third-order valence-electron chi connectivity index (χ3n) is 6.03. The van der Waals surface area contributed by atoms with Crippen LogP contribution in [0.3, 0.4) is 0 Å². The van der Waals surface area contributed by atoms with E-state index in [9.17, 15) is 28.8 Å². The van der Waals surface area contributed by atoms with E-state index in [-0.39, 0.29) is 10.9 Å². The van der Waals surface area contributed by atoms with Gasteiger partial charge in [-0.3, -0.25) is 19.2 Å². The predicted octanol–water partition coefficient (Wildman–Crippen LogP) is 1.83. The topological polar surface area (TPSA) is 163 Å². The van der Waals surface area contributed by atoms with Gasteiger partial charge >= 0.3 is 30.0 Å². The van der Waals surface area contributed by atoms with Gasteiger partial charge in [-0.2, -0.15) is 0 Å². The van der Waals surface area contributed by atoms with Gasteiger partial charge in [0.25, 0.3) is 5.56 Å². The summed E-state index contributed by atoms with van der Waals surface area (Å²) in [6, 6.07) is 13.3. The number of nitrogens with zero attached hydrogens (tertiary/aromatic N) is 1. The number of pyridine rings is 1. The van der Waals surface area contributed by atoms with Crippen LogP contribution in [0.1, 0.15) is 20.8 Å². The molecule has 1 fully saturated rings. The van der Waals surface area contributed by atoms with Gasteiger partial charge in [-0.1, -0.05) is 36.4 Å². The van der Waals surface area contributed by atoms with Crippen LogP contribution in [0, 0.1) is 0 Å². The van der Waals surface area contributed by atoms with E-state index < -0.39 is 66.2 Å². The molecule has 1 aromatic heterocycles. The predicted molar refractivity (Wildman–Crippen MR) is 135 cm³/mol. The van der Waals surface area contributed by atoms with E-state index in [0.29, 0.717) is 10.8 Å². The zero-order valence-corrected chi connectivity index (χ0v) is 21.9. The molecule has 40 heavy (non-hydrogen) atoms. The fraction of sp³-hybridized carbons (Fsp3) is 0.333. The van der Waals surface area contributed by atoms with Gasteiger partial charge in [0.15, 0.2) is 18.3 Å². The van der Waals surface area contributed by atoms with Crippen LogP contribution in [0.15, 0.2) is 53.3 Å². The van der Waals surface area contributed by atoms with Crippen molar-refractivity contribution >= 4 is 51.6 Å². The minimum absolute atomic E-state index is 0.204. The summed E-state index contributed by atoms with van der Waals surface area (Å²) in [6.07, 6.45) is -9.94. The molecule has 0 N–H and O–H groups in total.